The molecular formula is C39H60O4. The topological polar surface area (TPSA) is 43.5 Å². The molecule has 240 valence electrons. The third kappa shape index (κ3) is 14.1. The molecule has 4 rings (SSSR count). The fourth-order valence-electron chi connectivity index (χ4n) is 6.02. The van der Waals surface area contributed by atoms with E-state index in [9.17, 15) is 0 Å². The second-order valence-corrected chi connectivity index (χ2v) is 13.5. The molecule has 2 unspecified atom stereocenters. The molecule has 0 aromatic heterocycles. The van der Waals surface area contributed by atoms with Crippen LogP contribution in [0.4, 0.5) is 0 Å². The molecule has 0 saturated carbocycles. The molecule has 2 aliphatic heterocycles. The first-order valence-corrected chi connectivity index (χ1v) is 17.8. The molecule has 0 aliphatic carbocycles. The summed E-state index contributed by atoms with van der Waals surface area (Å²) in [5, 5.41) is 0. The van der Waals surface area contributed by atoms with Crippen LogP contribution in [0.3, 0.4) is 0 Å². The highest BCUT2D eigenvalue weighted by Gasteiger charge is 2.23. The lowest BCUT2D eigenvalue weighted by molar-refractivity contribution is 0.304. The van der Waals surface area contributed by atoms with Gasteiger partial charge in [0.2, 0.25) is 0 Å². The van der Waals surface area contributed by atoms with Gasteiger partial charge in [-0.2, -0.15) is 0 Å². The fraction of sp³-hybridized carbons (Fsp3) is 0.692. The van der Waals surface area contributed by atoms with Crippen LogP contribution in [0.25, 0.3) is 0 Å². The summed E-state index contributed by atoms with van der Waals surface area (Å²) in [6.07, 6.45) is 24.8. The second kappa shape index (κ2) is 19.4. The van der Waals surface area contributed by atoms with Crippen LogP contribution >= 0.6 is 0 Å². The van der Waals surface area contributed by atoms with Gasteiger partial charge >= 0.3 is 0 Å². The number of hydrogen-bond acceptors (Lipinski definition) is 4. The Morgan fingerprint density at radius 1 is 0.488 bits per heavy atom. The van der Waals surface area contributed by atoms with Gasteiger partial charge in [-0.25, -0.2) is 0 Å². The van der Waals surface area contributed by atoms with Crippen molar-refractivity contribution in [2.24, 2.45) is 0 Å². The largest absolute Gasteiger partial charge is 0.494 e. The second-order valence-electron chi connectivity index (χ2n) is 13.5. The summed E-state index contributed by atoms with van der Waals surface area (Å²) in [5.74, 6) is 1.95. The molecule has 2 heterocycles. The number of ether oxygens (including phenoxy) is 4. The SMILES string of the molecule is CC(C)(c1ccc(OCCCCCCCCCCC2CO2)cc1)c1ccc(OCCCCCCCCCCC2CO2)cc1. The van der Waals surface area contributed by atoms with Crippen molar-refractivity contribution in [2.75, 3.05) is 26.4 Å². The third-order valence-electron chi connectivity index (χ3n) is 9.34. The molecule has 0 bridgehead atoms. The highest BCUT2D eigenvalue weighted by Crippen LogP contribution is 2.33. The zero-order valence-corrected chi connectivity index (χ0v) is 27.5. The van der Waals surface area contributed by atoms with E-state index in [-0.39, 0.29) is 5.41 Å². The first kappa shape index (κ1) is 33.8. The summed E-state index contributed by atoms with van der Waals surface area (Å²) in [5.41, 5.74) is 2.53. The number of unbranched alkanes of at least 4 members (excludes halogenated alkanes) is 14. The summed E-state index contributed by atoms with van der Waals surface area (Å²) < 4.78 is 22.7. The summed E-state index contributed by atoms with van der Waals surface area (Å²) in [4.78, 5) is 0. The maximum absolute atomic E-state index is 6.05. The minimum absolute atomic E-state index is 0.0750. The van der Waals surface area contributed by atoms with E-state index in [0.29, 0.717) is 12.2 Å². The number of hydrogen-bond donors (Lipinski definition) is 0. The third-order valence-corrected chi connectivity index (χ3v) is 9.34. The van der Waals surface area contributed by atoms with Gasteiger partial charge in [0.25, 0.3) is 0 Å². The molecule has 2 aromatic carbocycles. The molecule has 0 radical (unpaired) electrons. The Balaban J connectivity index is 1.01. The average molecular weight is 593 g/mol. The zero-order chi connectivity index (χ0) is 30.0. The van der Waals surface area contributed by atoms with Gasteiger partial charge in [0.05, 0.1) is 38.6 Å². The first-order chi connectivity index (χ1) is 21.1. The van der Waals surface area contributed by atoms with Gasteiger partial charge in [0.1, 0.15) is 11.5 Å². The Morgan fingerprint density at radius 3 is 1.12 bits per heavy atom. The van der Waals surface area contributed by atoms with E-state index in [2.05, 4.69) is 62.4 Å². The van der Waals surface area contributed by atoms with Gasteiger partial charge in [-0.3, -0.25) is 0 Å². The van der Waals surface area contributed by atoms with Gasteiger partial charge in [0.15, 0.2) is 0 Å². The molecule has 0 amide bonds. The maximum atomic E-state index is 6.05. The van der Waals surface area contributed by atoms with Crippen LogP contribution in [0.5, 0.6) is 11.5 Å². The lowest BCUT2D eigenvalue weighted by Crippen LogP contribution is -2.18. The van der Waals surface area contributed by atoms with Crippen molar-refractivity contribution < 1.29 is 18.9 Å². The molecule has 2 saturated heterocycles. The smallest absolute Gasteiger partial charge is 0.119 e. The van der Waals surface area contributed by atoms with Crippen LogP contribution in [0, 0.1) is 0 Å². The Morgan fingerprint density at radius 2 is 0.791 bits per heavy atom. The molecule has 43 heavy (non-hydrogen) atoms. The fourth-order valence-corrected chi connectivity index (χ4v) is 6.02. The highest BCUT2D eigenvalue weighted by atomic mass is 16.6. The first-order valence-electron chi connectivity index (χ1n) is 17.8. The van der Waals surface area contributed by atoms with Crippen molar-refractivity contribution in [3.63, 3.8) is 0 Å². The van der Waals surface area contributed by atoms with Gasteiger partial charge in [-0.15, -0.1) is 0 Å². The van der Waals surface area contributed by atoms with E-state index in [0.717, 1.165) is 50.8 Å². The van der Waals surface area contributed by atoms with Crippen molar-refractivity contribution in [2.45, 2.75) is 147 Å². The Labute approximate surface area is 263 Å². The van der Waals surface area contributed by atoms with Crippen molar-refractivity contribution in [3.8, 4) is 11.5 Å². The van der Waals surface area contributed by atoms with Gasteiger partial charge in [0, 0.05) is 5.41 Å². The van der Waals surface area contributed by atoms with Crippen LogP contribution in [0.15, 0.2) is 48.5 Å². The molecule has 2 aromatic rings. The summed E-state index contributed by atoms with van der Waals surface area (Å²) in [6, 6.07) is 17.4. The summed E-state index contributed by atoms with van der Waals surface area (Å²) >= 11 is 0. The van der Waals surface area contributed by atoms with E-state index in [4.69, 9.17) is 18.9 Å². The highest BCUT2D eigenvalue weighted by molar-refractivity contribution is 5.41. The predicted octanol–water partition coefficient (Wildman–Crippen LogP) is 10.6. The van der Waals surface area contributed by atoms with Crippen LogP contribution in [-0.4, -0.2) is 38.6 Å². The lowest BCUT2D eigenvalue weighted by Gasteiger charge is -2.26. The Hall–Kier alpha value is -2.04. The summed E-state index contributed by atoms with van der Waals surface area (Å²) in [6.45, 7) is 8.22. The lowest BCUT2D eigenvalue weighted by atomic mass is 9.78. The van der Waals surface area contributed by atoms with E-state index in [1.807, 2.05) is 0 Å². The van der Waals surface area contributed by atoms with E-state index >= 15 is 0 Å². The Bertz CT molecular complexity index is 896. The monoisotopic (exact) mass is 592 g/mol. The van der Waals surface area contributed by atoms with Crippen LogP contribution in [0.1, 0.15) is 141 Å². The van der Waals surface area contributed by atoms with Gasteiger partial charge in [-0.05, 0) is 61.1 Å². The van der Waals surface area contributed by atoms with E-state index in [1.165, 1.54) is 114 Å². The molecule has 2 fully saturated rings. The minimum Gasteiger partial charge on any atom is -0.494 e. The van der Waals surface area contributed by atoms with E-state index < -0.39 is 0 Å². The van der Waals surface area contributed by atoms with E-state index in [1.54, 1.807) is 0 Å². The van der Waals surface area contributed by atoms with Crippen LogP contribution < -0.4 is 9.47 Å². The molecular weight excluding hydrogens is 532 g/mol. The van der Waals surface area contributed by atoms with Crippen molar-refractivity contribution >= 4 is 0 Å². The average Bonchev–Trinajstić information content (AvgIpc) is 3.96. The molecule has 0 N–H and O–H groups in total. The van der Waals surface area contributed by atoms with Crippen molar-refractivity contribution in [3.05, 3.63) is 59.7 Å². The van der Waals surface area contributed by atoms with Crippen molar-refractivity contribution in [1.82, 2.24) is 0 Å². The number of benzene rings is 2. The minimum atomic E-state index is -0.0750. The number of rotatable bonds is 26. The van der Waals surface area contributed by atoms with Crippen LogP contribution in [-0.2, 0) is 14.9 Å². The zero-order valence-electron chi connectivity index (χ0n) is 27.5. The molecule has 2 aliphatic rings. The summed E-state index contributed by atoms with van der Waals surface area (Å²) in [7, 11) is 0. The normalized spacial score (nSPS) is 17.6. The standard InChI is InChI=1S/C39H60O4/c1-39(2,33-21-25-35(26-22-33)40-29-17-13-9-5-3-7-11-15-19-37-31-42-37)34-23-27-36(28-24-34)41-30-18-14-10-6-4-8-12-16-20-38-32-43-38/h21-28,37-38H,3-20,29-32H2,1-2H3. The molecule has 4 nitrogen and oxygen atoms in total. The predicted molar refractivity (Wildman–Crippen MR) is 179 cm³/mol. The number of epoxide rings is 2. The Kier molecular flexibility index (Phi) is 15.2. The van der Waals surface area contributed by atoms with Crippen LogP contribution in [0.2, 0.25) is 0 Å². The molecule has 0 spiro atoms. The van der Waals surface area contributed by atoms with Gasteiger partial charge in [-0.1, -0.05) is 128 Å². The molecule has 2 atom stereocenters. The quantitative estimate of drug-likeness (QED) is 0.0805. The van der Waals surface area contributed by atoms with Crippen molar-refractivity contribution in [1.29, 1.82) is 0 Å². The molecule has 4 heteroatoms. The maximum Gasteiger partial charge on any atom is 0.119 e. The van der Waals surface area contributed by atoms with Gasteiger partial charge < -0.3 is 18.9 Å².